The van der Waals surface area contributed by atoms with Crippen molar-refractivity contribution in [3.8, 4) is 0 Å². The highest BCUT2D eigenvalue weighted by atomic mass is 32.2. The van der Waals surface area contributed by atoms with Gasteiger partial charge in [-0.15, -0.1) is 0 Å². The van der Waals surface area contributed by atoms with Gasteiger partial charge in [0.05, 0.1) is 6.20 Å². The predicted octanol–water partition coefficient (Wildman–Crippen LogP) is 1.57. The van der Waals surface area contributed by atoms with Gasteiger partial charge in [-0.1, -0.05) is 0 Å². The van der Waals surface area contributed by atoms with Crippen molar-refractivity contribution in [2.45, 2.75) is 26.7 Å². The molecule has 0 aliphatic heterocycles. The van der Waals surface area contributed by atoms with Crippen molar-refractivity contribution in [2.24, 2.45) is 4.99 Å². The molecule has 6 heteroatoms. The quantitative estimate of drug-likeness (QED) is 0.385. The van der Waals surface area contributed by atoms with Gasteiger partial charge in [-0.05, 0) is 38.5 Å². The number of nitrogens with one attached hydrogen (secondary N) is 3. The number of aliphatic imine (C=N–C) groups is 1. The molecule has 5 nitrogen and oxygen atoms in total. The third-order valence-electron chi connectivity index (χ3n) is 2.75. The number of nitrogens with zero attached hydrogens (tertiary/aromatic N) is 2. The summed E-state index contributed by atoms with van der Waals surface area (Å²) in [6.45, 7) is 6.82. The van der Waals surface area contributed by atoms with Crippen LogP contribution in [0.2, 0.25) is 0 Å². The predicted molar refractivity (Wildman–Crippen MR) is 84.0 cm³/mol. The number of thioether (sulfide) groups is 1. The Balaban J connectivity index is 2.28. The number of hydrogen-bond acceptors (Lipinski definition) is 3. The van der Waals surface area contributed by atoms with Gasteiger partial charge in [-0.2, -0.15) is 16.9 Å². The van der Waals surface area contributed by atoms with E-state index in [1.807, 2.05) is 18.0 Å². The van der Waals surface area contributed by atoms with Crippen molar-refractivity contribution in [3.63, 3.8) is 0 Å². The Morgan fingerprint density at radius 2 is 2.32 bits per heavy atom. The summed E-state index contributed by atoms with van der Waals surface area (Å²) >= 11 is 1.83. The van der Waals surface area contributed by atoms with Crippen molar-refractivity contribution in [2.75, 3.05) is 31.6 Å². The van der Waals surface area contributed by atoms with E-state index in [9.17, 15) is 0 Å². The molecule has 1 heterocycles. The Hall–Kier alpha value is -1.17. The van der Waals surface area contributed by atoms with Crippen LogP contribution in [-0.4, -0.2) is 47.8 Å². The van der Waals surface area contributed by atoms with Crippen LogP contribution in [0.15, 0.2) is 11.2 Å². The third kappa shape index (κ3) is 6.52. The minimum absolute atomic E-state index is 0.833. The third-order valence-corrected chi connectivity index (χ3v) is 3.36. The first-order chi connectivity index (χ1) is 9.27. The van der Waals surface area contributed by atoms with E-state index in [-0.39, 0.29) is 0 Å². The standard InChI is InChI=1S/C13H25N5S/c1-4-14-13(16-8-9-19-3)15-7-5-6-12-10-17-18-11(12)2/h10H,4-9H2,1-3H3,(H,17,18)(H2,14,15,16). The molecule has 0 radical (unpaired) electrons. The zero-order chi connectivity index (χ0) is 13.9. The SMILES string of the molecule is CCNC(=NCCCc1cn[nH]c1C)NCCSC. The van der Waals surface area contributed by atoms with Crippen LogP contribution in [0.3, 0.4) is 0 Å². The second-order valence-corrected chi connectivity index (χ2v) is 5.29. The number of aromatic amines is 1. The molecule has 0 saturated carbocycles. The summed E-state index contributed by atoms with van der Waals surface area (Å²) in [5.41, 5.74) is 2.45. The van der Waals surface area contributed by atoms with Crippen molar-refractivity contribution >= 4 is 17.7 Å². The van der Waals surface area contributed by atoms with Gasteiger partial charge in [-0.3, -0.25) is 10.1 Å². The largest absolute Gasteiger partial charge is 0.357 e. The number of aryl methyl sites for hydroxylation is 2. The number of H-pyrrole nitrogens is 1. The first kappa shape index (κ1) is 15.9. The maximum Gasteiger partial charge on any atom is 0.191 e. The van der Waals surface area contributed by atoms with Gasteiger partial charge in [0.15, 0.2) is 5.96 Å². The highest BCUT2D eigenvalue weighted by Gasteiger charge is 2.00. The highest BCUT2D eigenvalue weighted by Crippen LogP contribution is 2.05. The Morgan fingerprint density at radius 3 is 2.95 bits per heavy atom. The molecule has 1 aromatic rings. The van der Waals surface area contributed by atoms with Gasteiger partial charge in [0.25, 0.3) is 0 Å². The lowest BCUT2D eigenvalue weighted by Crippen LogP contribution is -2.38. The van der Waals surface area contributed by atoms with Crippen LogP contribution < -0.4 is 10.6 Å². The Kier molecular flexibility index (Phi) is 8.13. The van der Waals surface area contributed by atoms with E-state index >= 15 is 0 Å². The molecule has 0 fully saturated rings. The fourth-order valence-electron chi connectivity index (χ4n) is 1.70. The average molecular weight is 283 g/mol. The molecule has 3 N–H and O–H groups in total. The molecular weight excluding hydrogens is 258 g/mol. The molecule has 108 valence electrons. The fraction of sp³-hybridized carbons (Fsp3) is 0.692. The average Bonchev–Trinajstić information content (AvgIpc) is 2.80. The van der Waals surface area contributed by atoms with Crippen LogP contribution >= 0.6 is 11.8 Å². The molecule has 0 spiro atoms. The molecule has 0 saturated heterocycles. The zero-order valence-corrected chi connectivity index (χ0v) is 12.9. The summed E-state index contributed by atoms with van der Waals surface area (Å²) < 4.78 is 0. The minimum atomic E-state index is 0.833. The molecular formula is C13H25N5S. The Bertz CT molecular complexity index is 375. The van der Waals surface area contributed by atoms with Crippen LogP contribution in [0.4, 0.5) is 0 Å². The van der Waals surface area contributed by atoms with Gasteiger partial charge in [-0.25, -0.2) is 0 Å². The summed E-state index contributed by atoms with van der Waals surface area (Å²) in [7, 11) is 0. The van der Waals surface area contributed by atoms with Crippen LogP contribution in [0.25, 0.3) is 0 Å². The minimum Gasteiger partial charge on any atom is -0.357 e. The van der Waals surface area contributed by atoms with E-state index in [0.717, 1.165) is 49.9 Å². The van der Waals surface area contributed by atoms with Crippen LogP contribution in [0, 0.1) is 6.92 Å². The summed E-state index contributed by atoms with van der Waals surface area (Å²) in [4.78, 5) is 4.57. The van der Waals surface area contributed by atoms with E-state index in [1.54, 1.807) is 0 Å². The fourth-order valence-corrected chi connectivity index (χ4v) is 2.01. The second kappa shape index (κ2) is 9.72. The molecule has 19 heavy (non-hydrogen) atoms. The second-order valence-electron chi connectivity index (χ2n) is 4.30. The summed E-state index contributed by atoms with van der Waals surface area (Å²) in [6, 6.07) is 0. The highest BCUT2D eigenvalue weighted by molar-refractivity contribution is 7.98. The smallest absolute Gasteiger partial charge is 0.191 e. The first-order valence-corrected chi connectivity index (χ1v) is 8.17. The van der Waals surface area contributed by atoms with Gasteiger partial charge in [0, 0.05) is 31.1 Å². The molecule has 1 rings (SSSR count). The number of guanidine groups is 1. The molecule has 0 aliphatic carbocycles. The Labute approximate surface area is 120 Å². The number of aromatic nitrogens is 2. The zero-order valence-electron chi connectivity index (χ0n) is 12.1. The van der Waals surface area contributed by atoms with Crippen molar-refractivity contribution < 1.29 is 0 Å². The van der Waals surface area contributed by atoms with Gasteiger partial charge in [0.2, 0.25) is 0 Å². The van der Waals surface area contributed by atoms with Crippen LogP contribution in [0.5, 0.6) is 0 Å². The molecule has 0 unspecified atom stereocenters. The number of hydrogen-bond donors (Lipinski definition) is 3. The molecule has 0 aromatic carbocycles. The molecule has 0 bridgehead atoms. The summed E-state index contributed by atoms with van der Waals surface area (Å²) in [6.07, 6.45) is 6.08. The Morgan fingerprint density at radius 1 is 1.47 bits per heavy atom. The molecule has 1 aromatic heterocycles. The van der Waals surface area contributed by atoms with Crippen molar-refractivity contribution in [1.29, 1.82) is 0 Å². The lowest BCUT2D eigenvalue weighted by atomic mass is 10.1. The van der Waals surface area contributed by atoms with E-state index < -0.39 is 0 Å². The van der Waals surface area contributed by atoms with E-state index in [0.29, 0.717) is 0 Å². The topological polar surface area (TPSA) is 65.1 Å². The molecule has 0 atom stereocenters. The first-order valence-electron chi connectivity index (χ1n) is 6.78. The summed E-state index contributed by atoms with van der Waals surface area (Å²) in [5, 5.41) is 13.6. The maximum absolute atomic E-state index is 4.57. The van der Waals surface area contributed by atoms with Gasteiger partial charge >= 0.3 is 0 Å². The molecule has 0 aliphatic rings. The van der Waals surface area contributed by atoms with Crippen molar-refractivity contribution in [3.05, 3.63) is 17.5 Å². The summed E-state index contributed by atoms with van der Waals surface area (Å²) in [5.74, 6) is 2.01. The van der Waals surface area contributed by atoms with Gasteiger partial charge in [0.1, 0.15) is 0 Å². The monoisotopic (exact) mass is 283 g/mol. The van der Waals surface area contributed by atoms with E-state index in [2.05, 4.69) is 45.9 Å². The normalized spacial score (nSPS) is 11.6. The molecule has 0 amide bonds. The van der Waals surface area contributed by atoms with Crippen LogP contribution in [-0.2, 0) is 6.42 Å². The van der Waals surface area contributed by atoms with E-state index in [4.69, 9.17) is 0 Å². The van der Waals surface area contributed by atoms with Crippen LogP contribution in [0.1, 0.15) is 24.6 Å². The lowest BCUT2D eigenvalue weighted by Gasteiger charge is -2.10. The van der Waals surface area contributed by atoms with Crippen molar-refractivity contribution in [1.82, 2.24) is 20.8 Å². The van der Waals surface area contributed by atoms with Gasteiger partial charge < -0.3 is 10.6 Å². The maximum atomic E-state index is 4.57. The lowest BCUT2D eigenvalue weighted by molar-refractivity contribution is 0.794. The van der Waals surface area contributed by atoms with E-state index in [1.165, 1.54) is 5.56 Å². The number of rotatable bonds is 8.